The van der Waals surface area contributed by atoms with E-state index in [0.717, 1.165) is 40.9 Å². The van der Waals surface area contributed by atoms with Crippen molar-refractivity contribution in [3.05, 3.63) is 65.6 Å². The number of carboxylic acids is 1. The summed E-state index contributed by atoms with van der Waals surface area (Å²) in [5.74, 6) is -0.625. The molecule has 10 nitrogen and oxygen atoms in total. The van der Waals surface area contributed by atoms with Gasteiger partial charge < -0.3 is 24.6 Å². The van der Waals surface area contributed by atoms with Gasteiger partial charge in [-0.3, -0.25) is 0 Å². The van der Waals surface area contributed by atoms with Crippen LogP contribution < -0.4 is 5.32 Å². The minimum Gasteiger partial charge on any atom is -0.479 e. The van der Waals surface area contributed by atoms with Gasteiger partial charge in [-0.25, -0.2) is 24.5 Å². The normalized spacial score (nSPS) is 19.5. The molecule has 8 bridgehead atoms. The third-order valence-corrected chi connectivity index (χ3v) is 7.34. The number of imidazole rings is 1. The van der Waals surface area contributed by atoms with Gasteiger partial charge >= 0.3 is 12.1 Å². The third-order valence-electron chi connectivity index (χ3n) is 7.34. The number of ether oxygens (including phenoxy) is 1. The number of carbonyl (C=O) groups excluding carboxylic acids is 1. The molecule has 1 saturated heterocycles. The van der Waals surface area contributed by atoms with Crippen molar-refractivity contribution in [3.63, 3.8) is 0 Å². The minimum atomic E-state index is -0.996. The van der Waals surface area contributed by atoms with Crippen molar-refractivity contribution in [1.82, 2.24) is 29.7 Å². The molecule has 0 radical (unpaired) electrons. The Balaban J connectivity index is 1.35. The van der Waals surface area contributed by atoms with Gasteiger partial charge in [0.25, 0.3) is 0 Å². The molecule has 10 heteroatoms. The lowest BCUT2D eigenvalue weighted by molar-refractivity contribution is -0.139. The van der Waals surface area contributed by atoms with E-state index < -0.39 is 12.0 Å². The van der Waals surface area contributed by atoms with Crippen LogP contribution in [-0.4, -0.2) is 74.4 Å². The quantitative estimate of drug-likeness (QED) is 0.457. The summed E-state index contributed by atoms with van der Waals surface area (Å²) >= 11 is 0. The van der Waals surface area contributed by atoms with E-state index in [1.54, 1.807) is 15.7 Å². The first-order valence-corrected chi connectivity index (χ1v) is 11.9. The number of rotatable bonds is 3. The van der Waals surface area contributed by atoms with Crippen molar-refractivity contribution in [3.8, 4) is 22.5 Å². The molecule has 1 fully saturated rings. The number of nitrogens with zero attached hydrogens (tertiary/aromatic N) is 5. The van der Waals surface area contributed by atoms with Crippen LogP contribution in [0.4, 0.5) is 4.79 Å². The van der Waals surface area contributed by atoms with E-state index >= 15 is 0 Å². The fraction of sp³-hybridized carbons (Fsp3) is 0.269. The number of piperazine rings is 1. The Morgan fingerprint density at radius 3 is 2.64 bits per heavy atom. The van der Waals surface area contributed by atoms with Crippen LogP contribution in [0, 0.1) is 0 Å². The van der Waals surface area contributed by atoms with Gasteiger partial charge in [0.1, 0.15) is 12.1 Å². The van der Waals surface area contributed by atoms with Crippen LogP contribution in [-0.2, 0) is 9.53 Å². The molecule has 2 atom stereocenters. The fourth-order valence-electron chi connectivity index (χ4n) is 5.54. The topological polar surface area (TPSA) is 122 Å². The highest BCUT2D eigenvalue weighted by atomic mass is 16.6. The highest BCUT2D eigenvalue weighted by molar-refractivity contribution is 5.86. The standard InChI is InChI=1S/C26H22N6O4/c33-25(34)22-14-1-3-16-18(9-14)19-10-15(23-28-11-21-24(30-23)29-13-32(21)22)2-4-17(19)20(16)12-36-26(35)31-7-5-27-6-8-31/h1-4,9-11,13,20,22,27H,5-8,12H2,(H,33,34). The molecule has 2 aromatic heterocycles. The Bertz CT molecular complexity index is 1560. The summed E-state index contributed by atoms with van der Waals surface area (Å²) in [5, 5.41) is 13.4. The Morgan fingerprint density at radius 2 is 1.83 bits per heavy atom. The lowest BCUT2D eigenvalue weighted by Gasteiger charge is -2.27. The van der Waals surface area contributed by atoms with Crippen LogP contribution in [0.2, 0.25) is 0 Å². The monoisotopic (exact) mass is 482 g/mol. The van der Waals surface area contributed by atoms with Gasteiger partial charge in [0, 0.05) is 37.7 Å². The second-order valence-electron chi connectivity index (χ2n) is 9.31. The van der Waals surface area contributed by atoms with Gasteiger partial charge in [-0.15, -0.1) is 0 Å². The zero-order valence-electron chi connectivity index (χ0n) is 19.2. The molecule has 2 N–H and O–H groups in total. The zero-order valence-corrected chi connectivity index (χ0v) is 19.2. The van der Waals surface area contributed by atoms with Crippen LogP contribution in [0.15, 0.2) is 48.9 Å². The first-order valence-electron chi connectivity index (χ1n) is 11.9. The minimum absolute atomic E-state index is 0.151. The van der Waals surface area contributed by atoms with Crippen molar-refractivity contribution >= 4 is 23.2 Å². The molecule has 180 valence electrons. The summed E-state index contributed by atoms with van der Waals surface area (Å²) < 4.78 is 7.38. The van der Waals surface area contributed by atoms with Gasteiger partial charge in [0.2, 0.25) is 0 Å². The van der Waals surface area contributed by atoms with Crippen molar-refractivity contribution in [2.45, 2.75) is 12.0 Å². The second kappa shape index (κ2) is 7.85. The van der Waals surface area contributed by atoms with Crippen molar-refractivity contribution in [2.75, 3.05) is 32.8 Å². The molecular formula is C26H22N6O4. The summed E-state index contributed by atoms with van der Waals surface area (Å²) in [5.41, 5.74) is 6.41. The van der Waals surface area contributed by atoms with E-state index in [4.69, 9.17) is 4.74 Å². The molecule has 3 aliphatic heterocycles. The maximum absolute atomic E-state index is 12.7. The summed E-state index contributed by atoms with van der Waals surface area (Å²) in [6.45, 7) is 2.97. The first-order chi connectivity index (χ1) is 17.6. The van der Waals surface area contributed by atoms with E-state index in [0.29, 0.717) is 35.6 Å². The number of nitrogens with one attached hydrogen (secondary N) is 1. The molecule has 4 aliphatic rings. The van der Waals surface area contributed by atoms with Crippen LogP contribution >= 0.6 is 0 Å². The molecule has 4 aromatic rings. The Morgan fingerprint density at radius 1 is 1.06 bits per heavy atom. The van der Waals surface area contributed by atoms with Gasteiger partial charge in [-0.05, 0) is 39.9 Å². The molecule has 0 spiro atoms. The largest absolute Gasteiger partial charge is 0.479 e. The fourth-order valence-corrected chi connectivity index (χ4v) is 5.54. The Kier molecular flexibility index (Phi) is 4.58. The maximum atomic E-state index is 12.7. The maximum Gasteiger partial charge on any atom is 0.409 e. The predicted molar refractivity (Wildman–Crippen MR) is 130 cm³/mol. The smallest absolute Gasteiger partial charge is 0.409 e. The number of aliphatic carboxylic acids is 1. The van der Waals surface area contributed by atoms with E-state index in [2.05, 4.69) is 20.3 Å². The average Bonchev–Trinajstić information content (AvgIpc) is 3.45. The molecule has 2 aromatic carbocycles. The van der Waals surface area contributed by atoms with Crippen molar-refractivity contribution in [2.24, 2.45) is 0 Å². The summed E-state index contributed by atoms with van der Waals surface area (Å²) in [6.07, 6.45) is 2.82. The van der Waals surface area contributed by atoms with Gasteiger partial charge in [-0.2, -0.15) is 0 Å². The van der Waals surface area contributed by atoms with Crippen LogP contribution in [0.25, 0.3) is 33.7 Å². The van der Waals surface area contributed by atoms with Gasteiger partial charge in [0.05, 0.1) is 12.5 Å². The number of aromatic nitrogens is 4. The van der Waals surface area contributed by atoms with E-state index in [1.807, 2.05) is 36.4 Å². The number of amides is 1. The zero-order chi connectivity index (χ0) is 24.4. The van der Waals surface area contributed by atoms with Crippen LogP contribution in [0.1, 0.15) is 28.7 Å². The van der Waals surface area contributed by atoms with E-state index in [1.165, 1.54) is 6.33 Å². The average molecular weight is 483 g/mol. The van der Waals surface area contributed by atoms with Crippen molar-refractivity contribution in [1.29, 1.82) is 0 Å². The Hall–Kier alpha value is -4.31. The predicted octanol–water partition coefficient (Wildman–Crippen LogP) is 2.63. The number of carboxylic acid groups (broad SMARTS) is 1. The van der Waals surface area contributed by atoms with Crippen molar-refractivity contribution < 1.29 is 19.4 Å². The molecule has 36 heavy (non-hydrogen) atoms. The molecule has 5 heterocycles. The highest BCUT2D eigenvalue weighted by Crippen LogP contribution is 2.47. The highest BCUT2D eigenvalue weighted by Gasteiger charge is 2.34. The summed E-state index contributed by atoms with van der Waals surface area (Å²) in [4.78, 5) is 40.3. The molecule has 1 amide bonds. The number of fused-ring (bicyclic) bond motifs is 1. The number of hydrogen-bond donors (Lipinski definition) is 2. The molecule has 1 aliphatic carbocycles. The van der Waals surface area contributed by atoms with Gasteiger partial charge in [0.15, 0.2) is 17.5 Å². The number of hydrogen-bond acceptors (Lipinski definition) is 7. The SMILES string of the molecule is O=C(O)C1c2ccc3c(c2)-c2cc(ccc2C3COC(=O)N2CCNCC2)-c2ncc3c(ncn31)n2. The number of benzene rings is 2. The molecule has 8 rings (SSSR count). The summed E-state index contributed by atoms with van der Waals surface area (Å²) in [7, 11) is 0. The van der Waals surface area contributed by atoms with Crippen LogP contribution in [0.5, 0.6) is 0 Å². The number of carbonyl (C=O) groups is 2. The van der Waals surface area contributed by atoms with E-state index in [-0.39, 0.29) is 18.6 Å². The van der Waals surface area contributed by atoms with Gasteiger partial charge in [-0.1, -0.05) is 24.3 Å². The second-order valence-corrected chi connectivity index (χ2v) is 9.31. The van der Waals surface area contributed by atoms with E-state index in [9.17, 15) is 14.7 Å². The third kappa shape index (κ3) is 3.11. The first kappa shape index (κ1) is 21.0. The lowest BCUT2D eigenvalue weighted by Crippen LogP contribution is -2.46. The molecular weight excluding hydrogens is 460 g/mol. The molecule has 2 unspecified atom stereocenters. The lowest BCUT2D eigenvalue weighted by atomic mass is 9.95. The Labute approximate surface area is 205 Å². The summed E-state index contributed by atoms with van der Waals surface area (Å²) in [6, 6.07) is 10.8. The molecule has 0 saturated carbocycles. The van der Waals surface area contributed by atoms with Crippen LogP contribution in [0.3, 0.4) is 0 Å².